The van der Waals surface area contributed by atoms with Crippen LogP contribution in [-0.2, 0) is 11.8 Å². The zero-order chi connectivity index (χ0) is 11.5. The zero-order valence-corrected chi connectivity index (χ0v) is 9.23. The lowest BCUT2D eigenvalue weighted by atomic mass is 10.2. The second kappa shape index (κ2) is 4.32. The molecule has 0 unspecified atom stereocenters. The third-order valence-electron chi connectivity index (χ3n) is 2.36. The summed E-state index contributed by atoms with van der Waals surface area (Å²) >= 11 is 0. The van der Waals surface area contributed by atoms with Gasteiger partial charge in [0.2, 0.25) is 0 Å². The van der Waals surface area contributed by atoms with Crippen LogP contribution in [0.4, 0.5) is 0 Å². The van der Waals surface area contributed by atoms with Gasteiger partial charge in [-0.25, -0.2) is 4.98 Å². The number of carbonyl (C=O) groups is 1. The molecule has 5 heteroatoms. The maximum Gasteiger partial charge on any atom is 0.253 e. The van der Waals surface area contributed by atoms with Crippen LogP contribution in [0.5, 0.6) is 0 Å². The van der Waals surface area contributed by atoms with Gasteiger partial charge < -0.3 is 14.6 Å². The number of rotatable bonds is 3. The van der Waals surface area contributed by atoms with Crippen molar-refractivity contribution >= 4 is 16.9 Å². The second-order valence-electron chi connectivity index (χ2n) is 3.50. The molecule has 0 spiro atoms. The van der Waals surface area contributed by atoms with Gasteiger partial charge in [-0.15, -0.1) is 0 Å². The van der Waals surface area contributed by atoms with E-state index in [1.165, 1.54) is 7.11 Å². The van der Waals surface area contributed by atoms with Gasteiger partial charge in [0.05, 0.1) is 17.4 Å². The van der Waals surface area contributed by atoms with E-state index in [0.29, 0.717) is 5.56 Å². The molecule has 5 nitrogen and oxygen atoms in total. The van der Waals surface area contributed by atoms with Crippen LogP contribution in [0.25, 0.3) is 11.0 Å². The third kappa shape index (κ3) is 1.90. The number of benzene rings is 1. The minimum atomic E-state index is -0.158. The summed E-state index contributed by atoms with van der Waals surface area (Å²) in [4.78, 5) is 15.8. The van der Waals surface area contributed by atoms with Crippen molar-refractivity contribution in [2.24, 2.45) is 7.05 Å². The number of hydrogen-bond donors (Lipinski definition) is 1. The molecule has 1 aromatic heterocycles. The van der Waals surface area contributed by atoms with Crippen molar-refractivity contribution in [3.63, 3.8) is 0 Å². The number of nitrogens with zero attached hydrogens (tertiary/aromatic N) is 2. The smallest absolute Gasteiger partial charge is 0.253 e. The normalized spacial score (nSPS) is 10.6. The molecule has 2 rings (SSSR count). The highest BCUT2D eigenvalue weighted by Gasteiger charge is 2.07. The maximum atomic E-state index is 11.6. The van der Waals surface area contributed by atoms with Crippen molar-refractivity contribution < 1.29 is 9.53 Å². The first-order valence-electron chi connectivity index (χ1n) is 4.90. The van der Waals surface area contributed by atoms with Gasteiger partial charge in [-0.1, -0.05) is 0 Å². The van der Waals surface area contributed by atoms with E-state index in [-0.39, 0.29) is 12.6 Å². The fraction of sp³-hybridized carbons (Fsp3) is 0.273. The maximum absolute atomic E-state index is 11.6. The largest absolute Gasteiger partial charge is 0.364 e. The van der Waals surface area contributed by atoms with Crippen molar-refractivity contribution in [1.82, 2.24) is 14.9 Å². The molecule has 1 N–H and O–H groups in total. The number of fused-ring (bicyclic) bond motifs is 1. The number of nitrogens with one attached hydrogen (secondary N) is 1. The summed E-state index contributed by atoms with van der Waals surface area (Å²) in [5.74, 6) is -0.158. The summed E-state index contributed by atoms with van der Waals surface area (Å²) in [5.41, 5.74) is 2.40. The summed E-state index contributed by atoms with van der Waals surface area (Å²) in [5, 5.41) is 2.62. The number of ether oxygens (including phenoxy) is 1. The first kappa shape index (κ1) is 10.6. The Hall–Kier alpha value is -1.88. The highest BCUT2D eigenvalue weighted by molar-refractivity contribution is 5.97. The van der Waals surface area contributed by atoms with Crippen LogP contribution in [0.1, 0.15) is 10.4 Å². The van der Waals surface area contributed by atoms with Gasteiger partial charge in [0.15, 0.2) is 0 Å². The van der Waals surface area contributed by atoms with Crippen LogP contribution < -0.4 is 5.32 Å². The Kier molecular flexibility index (Phi) is 2.87. The van der Waals surface area contributed by atoms with Crippen LogP contribution in [0.2, 0.25) is 0 Å². The van der Waals surface area contributed by atoms with Crippen molar-refractivity contribution in [1.29, 1.82) is 0 Å². The molecule has 0 saturated heterocycles. The SMILES string of the molecule is COCNC(=O)c1ccc2c(c1)ncn2C. The Bertz CT molecular complexity index is 519. The number of carbonyl (C=O) groups excluding carboxylic acids is 1. The standard InChI is InChI=1S/C11H13N3O2/c1-14-6-12-9-5-8(3-4-10(9)14)11(15)13-7-16-2/h3-6H,7H2,1-2H3,(H,13,15). The molecule has 1 heterocycles. The van der Waals surface area contributed by atoms with Gasteiger partial charge in [-0.2, -0.15) is 0 Å². The highest BCUT2D eigenvalue weighted by Crippen LogP contribution is 2.13. The van der Waals surface area contributed by atoms with Crippen molar-refractivity contribution in [3.05, 3.63) is 30.1 Å². The van der Waals surface area contributed by atoms with Crippen LogP contribution in [0.3, 0.4) is 0 Å². The molecule has 84 valence electrons. The highest BCUT2D eigenvalue weighted by atomic mass is 16.5. The van der Waals surface area contributed by atoms with E-state index < -0.39 is 0 Å². The molecular weight excluding hydrogens is 206 g/mol. The molecule has 0 radical (unpaired) electrons. The Labute approximate surface area is 93.0 Å². The minimum absolute atomic E-state index is 0.158. The second-order valence-corrected chi connectivity index (χ2v) is 3.50. The average Bonchev–Trinajstić information content (AvgIpc) is 2.67. The van der Waals surface area contributed by atoms with Crippen molar-refractivity contribution in [3.8, 4) is 0 Å². The molecule has 16 heavy (non-hydrogen) atoms. The van der Waals surface area contributed by atoms with Crippen LogP contribution in [-0.4, -0.2) is 29.3 Å². The molecule has 0 aliphatic carbocycles. The topological polar surface area (TPSA) is 56.1 Å². The number of aromatic nitrogens is 2. The monoisotopic (exact) mass is 219 g/mol. The number of aryl methyl sites for hydroxylation is 1. The molecule has 0 bridgehead atoms. The summed E-state index contributed by atoms with van der Waals surface area (Å²) in [6.07, 6.45) is 1.72. The lowest BCUT2D eigenvalue weighted by molar-refractivity contribution is 0.0872. The average molecular weight is 219 g/mol. The van der Waals surface area contributed by atoms with E-state index in [9.17, 15) is 4.79 Å². The Morgan fingerprint density at radius 1 is 1.56 bits per heavy atom. The van der Waals surface area contributed by atoms with Gasteiger partial charge in [0.25, 0.3) is 5.91 Å². The Morgan fingerprint density at radius 2 is 2.38 bits per heavy atom. The predicted octanol–water partition coefficient (Wildman–Crippen LogP) is 0.907. The van der Waals surface area contributed by atoms with Crippen LogP contribution >= 0.6 is 0 Å². The number of amides is 1. The molecule has 0 fully saturated rings. The van der Waals surface area contributed by atoms with E-state index >= 15 is 0 Å². The van der Waals surface area contributed by atoms with Crippen LogP contribution in [0.15, 0.2) is 24.5 Å². The quantitative estimate of drug-likeness (QED) is 0.780. The Balaban J connectivity index is 2.29. The predicted molar refractivity (Wildman–Crippen MR) is 60.1 cm³/mol. The molecular formula is C11H13N3O2. The third-order valence-corrected chi connectivity index (χ3v) is 2.36. The zero-order valence-electron chi connectivity index (χ0n) is 9.23. The molecule has 1 aromatic carbocycles. The lowest BCUT2D eigenvalue weighted by Gasteiger charge is -2.03. The minimum Gasteiger partial charge on any atom is -0.364 e. The van der Waals surface area contributed by atoms with Gasteiger partial charge in [0.1, 0.15) is 6.73 Å². The van der Waals surface area contributed by atoms with E-state index in [2.05, 4.69) is 10.3 Å². The molecule has 0 aliphatic heterocycles. The van der Waals surface area contributed by atoms with E-state index in [1.54, 1.807) is 18.5 Å². The fourth-order valence-corrected chi connectivity index (χ4v) is 1.52. The first-order chi connectivity index (χ1) is 7.72. The van der Waals surface area contributed by atoms with Gasteiger partial charge in [0, 0.05) is 19.7 Å². The molecule has 0 saturated carbocycles. The summed E-state index contributed by atoms with van der Waals surface area (Å²) < 4.78 is 6.68. The van der Waals surface area contributed by atoms with E-state index in [4.69, 9.17) is 4.74 Å². The number of hydrogen-bond acceptors (Lipinski definition) is 3. The molecule has 0 atom stereocenters. The van der Waals surface area contributed by atoms with E-state index in [0.717, 1.165) is 11.0 Å². The van der Waals surface area contributed by atoms with Gasteiger partial charge in [-0.05, 0) is 18.2 Å². The van der Waals surface area contributed by atoms with Crippen molar-refractivity contribution in [2.75, 3.05) is 13.8 Å². The molecule has 2 aromatic rings. The fourth-order valence-electron chi connectivity index (χ4n) is 1.52. The van der Waals surface area contributed by atoms with Crippen molar-refractivity contribution in [2.45, 2.75) is 0 Å². The van der Waals surface area contributed by atoms with E-state index in [1.807, 2.05) is 17.7 Å². The number of methoxy groups -OCH3 is 1. The lowest BCUT2D eigenvalue weighted by Crippen LogP contribution is -2.25. The molecule has 0 aliphatic rings. The number of imidazole rings is 1. The molecule has 1 amide bonds. The summed E-state index contributed by atoms with van der Waals surface area (Å²) in [6, 6.07) is 5.42. The summed E-state index contributed by atoms with van der Waals surface area (Å²) in [6.45, 7) is 0.207. The van der Waals surface area contributed by atoms with Gasteiger partial charge in [-0.3, -0.25) is 4.79 Å². The van der Waals surface area contributed by atoms with Crippen LogP contribution in [0, 0.1) is 0 Å². The van der Waals surface area contributed by atoms with Gasteiger partial charge >= 0.3 is 0 Å². The Morgan fingerprint density at radius 3 is 3.12 bits per heavy atom. The summed E-state index contributed by atoms with van der Waals surface area (Å²) in [7, 11) is 3.45. The first-order valence-corrected chi connectivity index (χ1v) is 4.90.